The Balaban J connectivity index is 3.09. The summed E-state index contributed by atoms with van der Waals surface area (Å²) in [5, 5.41) is 0. The maximum absolute atomic E-state index is 11.3. The largest absolute Gasteiger partial charge is 0.294 e. The topological polar surface area (TPSA) is 17.1 Å². The first-order valence-electron chi connectivity index (χ1n) is 3.63. The Labute approximate surface area is 93.8 Å². The molecular weight excluding hydrogens is 331 g/mol. The van der Waals surface area contributed by atoms with Crippen LogP contribution in [0.25, 0.3) is 0 Å². The van der Waals surface area contributed by atoms with Gasteiger partial charge in [-0.1, -0.05) is 22.9 Å². The minimum atomic E-state index is 0.179. The van der Waals surface area contributed by atoms with Crippen LogP contribution < -0.4 is 0 Å². The average molecular weight is 339 g/mol. The third kappa shape index (κ3) is 2.29. The molecule has 0 unspecified atom stereocenters. The molecule has 1 aromatic carbocycles. The molecule has 0 aliphatic rings. The molecule has 0 saturated heterocycles. The van der Waals surface area contributed by atoms with E-state index < -0.39 is 0 Å². The third-order valence-electron chi connectivity index (χ3n) is 1.55. The second-order valence-electron chi connectivity index (χ2n) is 2.40. The van der Waals surface area contributed by atoms with Crippen molar-refractivity contribution < 1.29 is 4.79 Å². The Morgan fingerprint density at radius 1 is 1.58 bits per heavy atom. The second-order valence-corrected chi connectivity index (χ2v) is 4.50. The summed E-state index contributed by atoms with van der Waals surface area (Å²) >= 11 is 5.58. The Hall–Kier alpha value is 0.1000. The number of hydrogen-bond acceptors (Lipinski definition) is 1. The van der Waals surface area contributed by atoms with E-state index in [-0.39, 0.29) is 5.78 Å². The van der Waals surface area contributed by atoms with Crippen molar-refractivity contribution in [2.45, 2.75) is 13.3 Å². The maximum atomic E-state index is 11.3. The lowest BCUT2D eigenvalue weighted by Gasteiger charge is -2.01. The monoisotopic (exact) mass is 338 g/mol. The van der Waals surface area contributed by atoms with Gasteiger partial charge in [0.2, 0.25) is 0 Å². The van der Waals surface area contributed by atoms with E-state index in [0.717, 1.165) is 13.6 Å². The molecule has 3 heteroatoms. The van der Waals surface area contributed by atoms with Gasteiger partial charge in [0.05, 0.1) is 0 Å². The molecule has 0 bridgehead atoms. The third-order valence-corrected chi connectivity index (χ3v) is 2.88. The molecule has 1 nitrogen and oxygen atoms in total. The molecule has 0 aliphatic heterocycles. The van der Waals surface area contributed by atoms with Crippen molar-refractivity contribution >= 4 is 44.3 Å². The zero-order valence-electron chi connectivity index (χ0n) is 6.60. The van der Waals surface area contributed by atoms with Gasteiger partial charge < -0.3 is 0 Å². The van der Waals surface area contributed by atoms with E-state index in [4.69, 9.17) is 0 Å². The van der Waals surface area contributed by atoms with E-state index in [0.29, 0.717) is 6.42 Å². The molecule has 1 rings (SSSR count). The first kappa shape index (κ1) is 10.2. The van der Waals surface area contributed by atoms with Gasteiger partial charge in [0, 0.05) is 20.0 Å². The van der Waals surface area contributed by atoms with E-state index >= 15 is 0 Å². The average Bonchev–Trinajstić information content (AvgIpc) is 2.03. The number of hydrogen-bond donors (Lipinski definition) is 0. The van der Waals surface area contributed by atoms with Crippen molar-refractivity contribution in [3.05, 3.63) is 31.8 Å². The number of halogens is 2. The SMILES string of the molecule is CCC(=O)c1ccc(I)cc1Br. The molecular formula is C9H8BrIO. The fourth-order valence-corrected chi connectivity index (χ4v) is 2.43. The van der Waals surface area contributed by atoms with E-state index in [2.05, 4.69) is 38.5 Å². The van der Waals surface area contributed by atoms with Crippen molar-refractivity contribution in [3.63, 3.8) is 0 Å². The highest BCUT2D eigenvalue weighted by atomic mass is 127. The number of rotatable bonds is 2. The predicted octanol–water partition coefficient (Wildman–Crippen LogP) is 3.65. The summed E-state index contributed by atoms with van der Waals surface area (Å²) in [5.41, 5.74) is 0.776. The molecule has 0 aliphatic carbocycles. The quantitative estimate of drug-likeness (QED) is 0.594. The molecule has 0 heterocycles. The van der Waals surface area contributed by atoms with Crippen LogP contribution >= 0.6 is 38.5 Å². The van der Waals surface area contributed by atoms with Gasteiger partial charge in [-0.25, -0.2) is 0 Å². The van der Waals surface area contributed by atoms with E-state index in [1.807, 2.05) is 25.1 Å². The van der Waals surface area contributed by atoms with Crippen molar-refractivity contribution in [1.82, 2.24) is 0 Å². The maximum Gasteiger partial charge on any atom is 0.163 e. The van der Waals surface area contributed by atoms with Crippen molar-refractivity contribution in [1.29, 1.82) is 0 Å². The summed E-state index contributed by atoms with van der Waals surface area (Å²) in [4.78, 5) is 11.3. The van der Waals surface area contributed by atoms with Gasteiger partial charge >= 0.3 is 0 Å². The number of Topliss-reactive ketones (excluding diaryl/α,β-unsaturated/α-hetero) is 1. The Kier molecular flexibility index (Phi) is 3.71. The van der Waals surface area contributed by atoms with Crippen LogP contribution in [0.15, 0.2) is 22.7 Å². The highest BCUT2D eigenvalue weighted by Gasteiger charge is 2.06. The smallest absolute Gasteiger partial charge is 0.163 e. The number of ketones is 1. The van der Waals surface area contributed by atoms with Gasteiger partial charge in [-0.05, 0) is 40.8 Å². The lowest BCUT2D eigenvalue weighted by atomic mass is 10.1. The molecule has 1 aromatic rings. The first-order valence-corrected chi connectivity index (χ1v) is 5.50. The van der Waals surface area contributed by atoms with Gasteiger partial charge in [-0.2, -0.15) is 0 Å². The highest BCUT2D eigenvalue weighted by Crippen LogP contribution is 2.20. The summed E-state index contributed by atoms with van der Waals surface area (Å²) in [6, 6.07) is 5.75. The molecule has 0 spiro atoms. The Bertz CT molecular complexity index is 309. The zero-order valence-corrected chi connectivity index (χ0v) is 10.3. The van der Waals surface area contributed by atoms with Crippen LogP contribution in [0.4, 0.5) is 0 Å². The van der Waals surface area contributed by atoms with Crippen molar-refractivity contribution in [2.75, 3.05) is 0 Å². The molecule has 0 atom stereocenters. The Morgan fingerprint density at radius 3 is 2.75 bits per heavy atom. The van der Waals surface area contributed by atoms with Gasteiger partial charge in [0.25, 0.3) is 0 Å². The second kappa shape index (κ2) is 4.37. The normalized spacial score (nSPS) is 9.92. The fraction of sp³-hybridized carbons (Fsp3) is 0.222. The zero-order chi connectivity index (χ0) is 9.14. The summed E-state index contributed by atoms with van der Waals surface area (Å²) in [5.74, 6) is 0.179. The van der Waals surface area contributed by atoms with Gasteiger partial charge in [0.15, 0.2) is 5.78 Å². The van der Waals surface area contributed by atoms with E-state index in [1.165, 1.54) is 0 Å². The standard InChI is InChI=1S/C9H8BrIO/c1-2-9(12)7-4-3-6(11)5-8(7)10/h3-5H,2H2,1H3. The van der Waals surface area contributed by atoms with Crippen LogP contribution in [0, 0.1) is 3.57 Å². The van der Waals surface area contributed by atoms with Crippen LogP contribution in [-0.2, 0) is 0 Å². The molecule has 64 valence electrons. The minimum Gasteiger partial charge on any atom is -0.294 e. The molecule has 0 N–H and O–H groups in total. The van der Waals surface area contributed by atoms with Crippen molar-refractivity contribution in [3.8, 4) is 0 Å². The van der Waals surface area contributed by atoms with Crippen LogP contribution in [0.1, 0.15) is 23.7 Å². The van der Waals surface area contributed by atoms with E-state index in [1.54, 1.807) is 0 Å². The summed E-state index contributed by atoms with van der Waals surface area (Å²) < 4.78 is 2.02. The lowest BCUT2D eigenvalue weighted by molar-refractivity contribution is 0.0987. The molecule has 0 amide bonds. The highest BCUT2D eigenvalue weighted by molar-refractivity contribution is 14.1. The number of carbonyl (C=O) groups is 1. The lowest BCUT2D eigenvalue weighted by Crippen LogP contribution is -1.97. The van der Waals surface area contributed by atoms with Crippen LogP contribution in [0.3, 0.4) is 0 Å². The molecule has 0 radical (unpaired) electrons. The van der Waals surface area contributed by atoms with Crippen LogP contribution in [0.5, 0.6) is 0 Å². The Morgan fingerprint density at radius 2 is 2.25 bits per heavy atom. The van der Waals surface area contributed by atoms with Crippen molar-refractivity contribution in [2.24, 2.45) is 0 Å². The van der Waals surface area contributed by atoms with Gasteiger partial charge in [-0.3, -0.25) is 4.79 Å². The molecule has 0 aromatic heterocycles. The minimum absolute atomic E-state index is 0.179. The van der Waals surface area contributed by atoms with Gasteiger partial charge in [0.1, 0.15) is 0 Å². The molecule has 0 saturated carbocycles. The molecule has 0 fully saturated rings. The number of carbonyl (C=O) groups excluding carboxylic acids is 1. The fourth-order valence-electron chi connectivity index (χ4n) is 0.906. The van der Waals surface area contributed by atoms with Gasteiger partial charge in [-0.15, -0.1) is 0 Å². The summed E-state index contributed by atoms with van der Waals surface area (Å²) in [6.07, 6.45) is 0.555. The predicted molar refractivity (Wildman–Crippen MR) is 61.5 cm³/mol. The number of benzene rings is 1. The first-order chi connectivity index (χ1) is 5.65. The summed E-state index contributed by atoms with van der Waals surface area (Å²) in [7, 11) is 0. The van der Waals surface area contributed by atoms with Crippen LogP contribution in [0.2, 0.25) is 0 Å². The van der Waals surface area contributed by atoms with Crippen LogP contribution in [-0.4, -0.2) is 5.78 Å². The van der Waals surface area contributed by atoms with E-state index in [9.17, 15) is 4.79 Å². The molecule has 12 heavy (non-hydrogen) atoms. The summed E-state index contributed by atoms with van der Waals surface area (Å²) in [6.45, 7) is 1.87.